The number of nitrogens with one attached hydrogen (secondary N) is 1. The third-order valence-corrected chi connectivity index (χ3v) is 3.43. The fourth-order valence-corrected chi connectivity index (χ4v) is 2.13. The molecule has 0 aliphatic heterocycles. The Labute approximate surface area is 134 Å². The average Bonchev–Trinajstić information content (AvgIpc) is 2.47. The Hall–Kier alpha value is -1.59. The van der Waals surface area contributed by atoms with Gasteiger partial charge in [-0.3, -0.25) is 0 Å². The van der Waals surface area contributed by atoms with Crippen molar-refractivity contribution in [2.75, 3.05) is 23.3 Å². The highest BCUT2D eigenvalue weighted by atomic mass is 35.5. The molecule has 2 rings (SSSR count). The highest BCUT2D eigenvalue weighted by molar-refractivity contribution is 6.30. The van der Waals surface area contributed by atoms with Crippen LogP contribution in [0.2, 0.25) is 10.3 Å². The molecule has 1 heterocycles. The molecule has 5 nitrogen and oxygen atoms in total. The zero-order valence-electron chi connectivity index (χ0n) is 12.0. The van der Waals surface area contributed by atoms with Crippen LogP contribution in [0.1, 0.15) is 19.4 Å². The molecule has 21 heavy (non-hydrogen) atoms. The predicted molar refractivity (Wildman–Crippen MR) is 87.2 cm³/mol. The molecule has 0 fully saturated rings. The molecule has 0 saturated carbocycles. The summed E-state index contributed by atoms with van der Waals surface area (Å²) >= 11 is 11.8. The highest BCUT2D eigenvalue weighted by Gasteiger charge is 2.09. The maximum absolute atomic E-state index is 5.96. The second-order valence-electron chi connectivity index (χ2n) is 4.38. The second kappa shape index (κ2) is 7.43. The molecule has 112 valence electrons. The van der Waals surface area contributed by atoms with Gasteiger partial charge in [-0.2, -0.15) is 15.0 Å². The fraction of sp³-hybridized carbons (Fsp3) is 0.357. The summed E-state index contributed by atoms with van der Waals surface area (Å²) in [5, 5.41) is 4.05. The van der Waals surface area contributed by atoms with Crippen LogP contribution in [0.25, 0.3) is 0 Å². The topological polar surface area (TPSA) is 53.9 Å². The van der Waals surface area contributed by atoms with Crippen molar-refractivity contribution in [2.24, 2.45) is 0 Å². The summed E-state index contributed by atoms with van der Waals surface area (Å²) in [4.78, 5) is 14.7. The summed E-state index contributed by atoms with van der Waals surface area (Å²) in [7, 11) is 0. The Balaban J connectivity index is 2.10. The third kappa shape index (κ3) is 4.44. The molecule has 1 N–H and O–H groups in total. The average molecular weight is 326 g/mol. The van der Waals surface area contributed by atoms with E-state index in [1.54, 1.807) is 0 Å². The van der Waals surface area contributed by atoms with Crippen molar-refractivity contribution >= 4 is 35.1 Å². The van der Waals surface area contributed by atoms with Gasteiger partial charge in [-0.15, -0.1) is 0 Å². The van der Waals surface area contributed by atoms with Gasteiger partial charge in [-0.1, -0.05) is 23.7 Å². The quantitative estimate of drug-likeness (QED) is 0.878. The van der Waals surface area contributed by atoms with E-state index >= 15 is 0 Å². The normalized spacial score (nSPS) is 10.5. The van der Waals surface area contributed by atoms with Gasteiger partial charge in [0, 0.05) is 24.7 Å². The van der Waals surface area contributed by atoms with Crippen molar-refractivity contribution < 1.29 is 0 Å². The van der Waals surface area contributed by atoms with Crippen molar-refractivity contribution in [2.45, 2.75) is 20.4 Å². The van der Waals surface area contributed by atoms with E-state index < -0.39 is 0 Å². The lowest BCUT2D eigenvalue weighted by Gasteiger charge is -2.18. The maximum atomic E-state index is 5.96. The first-order valence-corrected chi connectivity index (χ1v) is 7.52. The Morgan fingerprint density at radius 1 is 1.00 bits per heavy atom. The van der Waals surface area contributed by atoms with Crippen LogP contribution in [-0.4, -0.2) is 28.0 Å². The molecule has 1 aromatic heterocycles. The number of hydrogen-bond acceptors (Lipinski definition) is 5. The van der Waals surface area contributed by atoms with Gasteiger partial charge >= 0.3 is 0 Å². The predicted octanol–water partition coefficient (Wildman–Crippen LogP) is 3.64. The number of anilines is 2. The van der Waals surface area contributed by atoms with Crippen LogP contribution in [0.15, 0.2) is 24.3 Å². The van der Waals surface area contributed by atoms with Gasteiger partial charge in [0.05, 0.1) is 0 Å². The minimum absolute atomic E-state index is 0.186. The third-order valence-electron chi connectivity index (χ3n) is 3.01. The second-order valence-corrected chi connectivity index (χ2v) is 5.15. The van der Waals surface area contributed by atoms with Crippen LogP contribution in [-0.2, 0) is 6.54 Å². The number of nitrogens with zero attached hydrogens (tertiary/aromatic N) is 4. The molecule has 0 aliphatic carbocycles. The zero-order valence-corrected chi connectivity index (χ0v) is 13.5. The standard InChI is InChI=1S/C14H17Cl2N5/c1-3-21(4-2)14-19-12(16)18-13(20-14)17-9-10-5-7-11(15)8-6-10/h5-8H,3-4,9H2,1-2H3,(H,17,18,19,20). The molecule has 0 amide bonds. The van der Waals surface area contributed by atoms with Crippen molar-refractivity contribution in [3.8, 4) is 0 Å². The van der Waals surface area contributed by atoms with Gasteiger partial charge in [0.25, 0.3) is 0 Å². The van der Waals surface area contributed by atoms with Gasteiger partial charge in [0.2, 0.25) is 17.2 Å². The summed E-state index contributed by atoms with van der Waals surface area (Å²) in [5.41, 5.74) is 1.08. The Morgan fingerprint density at radius 3 is 2.29 bits per heavy atom. The molecule has 0 saturated heterocycles. The first-order valence-electron chi connectivity index (χ1n) is 6.77. The van der Waals surface area contributed by atoms with Gasteiger partial charge in [-0.05, 0) is 43.1 Å². The minimum atomic E-state index is 0.186. The molecule has 2 aromatic rings. The van der Waals surface area contributed by atoms with E-state index in [9.17, 15) is 0 Å². The summed E-state index contributed by atoms with van der Waals surface area (Å²) in [6, 6.07) is 7.59. The van der Waals surface area contributed by atoms with Gasteiger partial charge in [-0.25, -0.2) is 0 Å². The van der Waals surface area contributed by atoms with Crippen LogP contribution in [0.3, 0.4) is 0 Å². The molecule has 1 aromatic carbocycles. The summed E-state index contributed by atoms with van der Waals surface area (Å²) in [6.07, 6.45) is 0. The van der Waals surface area contributed by atoms with E-state index in [4.69, 9.17) is 23.2 Å². The largest absolute Gasteiger partial charge is 0.350 e. The zero-order chi connectivity index (χ0) is 15.2. The van der Waals surface area contributed by atoms with E-state index in [2.05, 4.69) is 20.3 Å². The van der Waals surface area contributed by atoms with E-state index in [-0.39, 0.29) is 5.28 Å². The molecular weight excluding hydrogens is 309 g/mol. The van der Waals surface area contributed by atoms with E-state index in [1.165, 1.54) is 0 Å². The lowest BCUT2D eigenvalue weighted by Crippen LogP contribution is -2.25. The molecule has 0 atom stereocenters. The summed E-state index contributed by atoms with van der Waals surface area (Å²) in [6.45, 7) is 6.31. The number of rotatable bonds is 6. The van der Waals surface area contributed by atoms with Crippen molar-refractivity contribution in [1.29, 1.82) is 0 Å². The molecule has 7 heteroatoms. The minimum Gasteiger partial charge on any atom is -0.350 e. The summed E-state index contributed by atoms with van der Waals surface area (Å²) < 4.78 is 0. The first kappa shape index (κ1) is 15.8. The fourth-order valence-electron chi connectivity index (χ4n) is 1.85. The lowest BCUT2D eigenvalue weighted by molar-refractivity contribution is 0.811. The number of hydrogen-bond donors (Lipinski definition) is 1. The molecule has 0 spiro atoms. The monoisotopic (exact) mass is 325 g/mol. The van der Waals surface area contributed by atoms with Gasteiger partial charge in [0.1, 0.15) is 0 Å². The van der Waals surface area contributed by atoms with Gasteiger partial charge in [0.15, 0.2) is 0 Å². The smallest absolute Gasteiger partial charge is 0.231 e. The van der Waals surface area contributed by atoms with Crippen LogP contribution in [0.4, 0.5) is 11.9 Å². The Kier molecular flexibility index (Phi) is 5.59. The van der Waals surface area contributed by atoms with Gasteiger partial charge < -0.3 is 10.2 Å². The number of benzene rings is 1. The maximum Gasteiger partial charge on any atom is 0.231 e. The SMILES string of the molecule is CCN(CC)c1nc(Cl)nc(NCc2ccc(Cl)cc2)n1. The van der Waals surface area contributed by atoms with Crippen molar-refractivity contribution in [3.63, 3.8) is 0 Å². The van der Waals surface area contributed by atoms with E-state index in [0.717, 1.165) is 18.7 Å². The van der Waals surface area contributed by atoms with Crippen LogP contribution >= 0.6 is 23.2 Å². The number of aromatic nitrogens is 3. The first-order chi connectivity index (χ1) is 10.1. The van der Waals surface area contributed by atoms with Crippen LogP contribution < -0.4 is 10.2 Å². The Morgan fingerprint density at radius 2 is 1.67 bits per heavy atom. The number of halogens is 2. The summed E-state index contributed by atoms with van der Waals surface area (Å²) in [5.74, 6) is 1.05. The Bertz CT molecular complexity index is 584. The molecule has 0 aliphatic rings. The molecule has 0 radical (unpaired) electrons. The molecular formula is C14H17Cl2N5. The molecule has 0 unspecified atom stereocenters. The van der Waals surface area contributed by atoms with Crippen LogP contribution in [0, 0.1) is 0 Å². The van der Waals surface area contributed by atoms with Crippen LogP contribution in [0.5, 0.6) is 0 Å². The van der Waals surface area contributed by atoms with Crippen molar-refractivity contribution in [1.82, 2.24) is 15.0 Å². The van der Waals surface area contributed by atoms with Crippen molar-refractivity contribution in [3.05, 3.63) is 40.1 Å². The lowest BCUT2D eigenvalue weighted by atomic mass is 10.2. The molecule has 0 bridgehead atoms. The van der Waals surface area contributed by atoms with E-state index in [0.29, 0.717) is 23.5 Å². The highest BCUT2D eigenvalue weighted by Crippen LogP contribution is 2.15. The van der Waals surface area contributed by atoms with E-state index in [1.807, 2.05) is 43.0 Å².